The van der Waals surface area contributed by atoms with Crippen LogP contribution in [0.15, 0.2) is 12.3 Å². The van der Waals surface area contributed by atoms with Crippen LogP contribution in [0.3, 0.4) is 0 Å². The largest absolute Gasteiger partial charge is 0.314 e. The Bertz CT molecular complexity index is 343. The maximum absolute atomic E-state index is 4.31. The molecule has 1 aliphatic heterocycles. The van der Waals surface area contributed by atoms with Gasteiger partial charge in [-0.15, -0.1) is 0 Å². The molecule has 0 saturated carbocycles. The summed E-state index contributed by atoms with van der Waals surface area (Å²) in [6, 6.07) is 2.16. The molecule has 0 aliphatic carbocycles. The van der Waals surface area contributed by atoms with Gasteiger partial charge >= 0.3 is 0 Å². The third kappa shape index (κ3) is 2.80. The number of aromatic nitrogens is 1. The van der Waals surface area contributed by atoms with Gasteiger partial charge in [0.15, 0.2) is 0 Å². The average molecular weight is 219 g/mol. The molecular weight excluding hydrogens is 198 g/mol. The van der Waals surface area contributed by atoms with Crippen LogP contribution in [0.25, 0.3) is 0 Å². The Labute approximate surface area is 97.9 Å². The highest BCUT2D eigenvalue weighted by atomic mass is 15.2. The monoisotopic (exact) mass is 219 g/mol. The molecular formula is C13H21N3. The van der Waals surface area contributed by atoms with E-state index in [2.05, 4.69) is 35.1 Å². The first kappa shape index (κ1) is 11.6. The molecule has 1 N–H and O–H groups in total. The first-order chi connectivity index (χ1) is 7.77. The van der Waals surface area contributed by atoms with Crippen molar-refractivity contribution in [3.05, 3.63) is 29.1 Å². The lowest BCUT2D eigenvalue weighted by Crippen LogP contribution is -2.44. The summed E-state index contributed by atoms with van der Waals surface area (Å²) in [6.07, 6.45) is 3.07. The van der Waals surface area contributed by atoms with Gasteiger partial charge in [0.1, 0.15) is 0 Å². The van der Waals surface area contributed by atoms with Gasteiger partial charge < -0.3 is 10.2 Å². The Balaban J connectivity index is 1.91. The number of nitrogens with one attached hydrogen (secondary N) is 1. The third-order valence-electron chi connectivity index (χ3n) is 3.48. The third-order valence-corrected chi connectivity index (χ3v) is 3.48. The van der Waals surface area contributed by atoms with Gasteiger partial charge in [0.2, 0.25) is 0 Å². The van der Waals surface area contributed by atoms with Crippen molar-refractivity contribution in [2.75, 3.05) is 32.7 Å². The first-order valence-electron chi connectivity index (χ1n) is 6.11. The molecule has 88 valence electrons. The van der Waals surface area contributed by atoms with Crippen LogP contribution in [0, 0.1) is 13.8 Å². The van der Waals surface area contributed by atoms with E-state index in [1.807, 2.05) is 6.20 Å². The summed E-state index contributed by atoms with van der Waals surface area (Å²) < 4.78 is 0. The minimum Gasteiger partial charge on any atom is -0.314 e. The number of hydrogen-bond acceptors (Lipinski definition) is 3. The molecule has 16 heavy (non-hydrogen) atoms. The topological polar surface area (TPSA) is 28.2 Å². The molecule has 0 aromatic carbocycles. The smallest absolute Gasteiger partial charge is 0.0404 e. The highest BCUT2D eigenvalue weighted by Crippen LogP contribution is 2.11. The minimum atomic E-state index is 1.13. The Morgan fingerprint density at radius 3 is 2.81 bits per heavy atom. The molecule has 1 aliphatic rings. The Kier molecular flexibility index (Phi) is 3.91. The molecule has 3 nitrogen and oxygen atoms in total. The number of aryl methyl sites for hydroxylation is 1. The van der Waals surface area contributed by atoms with Crippen LogP contribution in [0.4, 0.5) is 0 Å². The molecule has 1 fully saturated rings. The zero-order valence-corrected chi connectivity index (χ0v) is 10.3. The van der Waals surface area contributed by atoms with Crippen molar-refractivity contribution in [3.63, 3.8) is 0 Å². The molecule has 2 rings (SSSR count). The molecule has 0 unspecified atom stereocenters. The second kappa shape index (κ2) is 5.41. The zero-order chi connectivity index (χ0) is 11.4. The average Bonchev–Trinajstić information content (AvgIpc) is 2.32. The van der Waals surface area contributed by atoms with E-state index in [1.165, 1.54) is 30.8 Å². The first-order valence-corrected chi connectivity index (χ1v) is 6.11. The second-order valence-electron chi connectivity index (χ2n) is 4.52. The zero-order valence-electron chi connectivity index (χ0n) is 10.3. The fourth-order valence-electron chi connectivity index (χ4n) is 2.18. The maximum atomic E-state index is 4.31. The van der Waals surface area contributed by atoms with Crippen molar-refractivity contribution >= 4 is 0 Å². The van der Waals surface area contributed by atoms with Gasteiger partial charge in [-0.3, -0.25) is 4.98 Å². The summed E-state index contributed by atoms with van der Waals surface area (Å²) in [5.74, 6) is 0. The lowest BCUT2D eigenvalue weighted by molar-refractivity contribution is 0.244. The van der Waals surface area contributed by atoms with Crippen LogP contribution in [0.2, 0.25) is 0 Å². The number of pyridine rings is 1. The number of hydrogen-bond donors (Lipinski definition) is 1. The van der Waals surface area contributed by atoms with E-state index < -0.39 is 0 Å². The van der Waals surface area contributed by atoms with Gasteiger partial charge in [-0.1, -0.05) is 0 Å². The SMILES string of the molecule is Cc1nccc(CCN2CCNCC2)c1C. The van der Waals surface area contributed by atoms with Crippen molar-refractivity contribution < 1.29 is 0 Å². The summed E-state index contributed by atoms with van der Waals surface area (Å²) in [5, 5.41) is 3.38. The molecule has 1 aromatic heterocycles. The standard InChI is InChI=1S/C13H21N3/c1-11-12(2)15-5-3-13(11)4-8-16-9-6-14-7-10-16/h3,5,14H,4,6-10H2,1-2H3. The van der Waals surface area contributed by atoms with E-state index in [4.69, 9.17) is 0 Å². The van der Waals surface area contributed by atoms with Crippen molar-refractivity contribution in [1.82, 2.24) is 15.2 Å². The molecule has 1 aromatic rings. The minimum absolute atomic E-state index is 1.13. The summed E-state index contributed by atoms with van der Waals surface area (Å²) in [7, 11) is 0. The number of rotatable bonds is 3. The van der Waals surface area contributed by atoms with Crippen molar-refractivity contribution in [2.45, 2.75) is 20.3 Å². The predicted molar refractivity (Wildman–Crippen MR) is 66.7 cm³/mol. The normalized spacial score (nSPS) is 17.6. The lowest BCUT2D eigenvalue weighted by atomic mass is 10.1. The molecule has 1 saturated heterocycles. The summed E-state index contributed by atoms with van der Waals surface area (Å²) >= 11 is 0. The van der Waals surface area contributed by atoms with E-state index in [0.29, 0.717) is 0 Å². The van der Waals surface area contributed by atoms with E-state index in [-0.39, 0.29) is 0 Å². The van der Waals surface area contributed by atoms with Crippen LogP contribution < -0.4 is 5.32 Å². The summed E-state index contributed by atoms with van der Waals surface area (Å²) in [6.45, 7) is 10.1. The second-order valence-corrected chi connectivity index (χ2v) is 4.52. The highest BCUT2D eigenvalue weighted by Gasteiger charge is 2.10. The fraction of sp³-hybridized carbons (Fsp3) is 0.615. The van der Waals surface area contributed by atoms with Crippen molar-refractivity contribution in [1.29, 1.82) is 0 Å². The summed E-state index contributed by atoms with van der Waals surface area (Å²) in [5.41, 5.74) is 3.97. The van der Waals surface area contributed by atoms with Crippen LogP contribution in [-0.2, 0) is 6.42 Å². The Morgan fingerprint density at radius 2 is 2.06 bits per heavy atom. The lowest BCUT2D eigenvalue weighted by Gasteiger charge is -2.27. The summed E-state index contributed by atoms with van der Waals surface area (Å²) in [4.78, 5) is 6.84. The van der Waals surface area contributed by atoms with Crippen LogP contribution in [-0.4, -0.2) is 42.6 Å². The van der Waals surface area contributed by atoms with Crippen LogP contribution in [0.1, 0.15) is 16.8 Å². The van der Waals surface area contributed by atoms with E-state index in [1.54, 1.807) is 0 Å². The van der Waals surface area contributed by atoms with Gasteiger partial charge in [0.05, 0.1) is 0 Å². The number of piperazine rings is 1. The molecule has 0 radical (unpaired) electrons. The van der Waals surface area contributed by atoms with Gasteiger partial charge in [0, 0.05) is 44.6 Å². The molecule has 0 spiro atoms. The van der Waals surface area contributed by atoms with E-state index in [0.717, 1.165) is 25.2 Å². The number of nitrogens with zero attached hydrogens (tertiary/aromatic N) is 2. The Morgan fingerprint density at radius 1 is 1.31 bits per heavy atom. The van der Waals surface area contributed by atoms with Gasteiger partial charge in [0.25, 0.3) is 0 Å². The van der Waals surface area contributed by atoms with Gasteiger partial charge in [-0.25, -0.2) is 0 Å². The molecule has 2 heterocycles. The molecule has 3 heteroatoms. The van der Waals surface area contributed by atoms with Crippen LogP contribution in [0.5, 0.6) is 0 Å². The van der Waals surface area contributed by atoms with Crippen molar-refractivity contribution in [2.24, 2.45) is 0 Å². The van der Waals surface area contributed by atoms with E-state index in [9.17, 15) is 0 Å². The van der Waals surface area contributed by atoms with Crippen LogP contribution >= 0.6 is 0 Å². The maximum Gasteiger partial charge on any atom is 0.0404 e. The molecule has 0 atom stereocenters. The fourth-order valence-corrected chi connectivity index (χ4v) is 2.18. The molecule has 0 bridgehead atoms. The van der Waals surface area contributed by atoms with E-state index >= 15 is 0 Å². The molecule has 0 amide bonds. The highest BCUT2D eigenvalue weighted by molar-refractivity contribution is 5.27. The van der Waals surface area contributed by atoms with Gasteiger partial charge in [-0.05, 0) is 37.5 Å². The predicted octanol–water partition coefficient (Wildman–Crippen LogP) is 1.15. The Hall–Kier alpha value is -0.930. The van der Waals surface area contributed by atoms with Crippen molar-refractivity contribution in [3.8, 4) is 0 Å². The quantitative estimate of drug-likeness (QED) is 0.826. The van der Waals surface area contributed by atoms with Gasteiger partial charge in [-0.2, -0.15) is 0 Å².